The van der Waals surface area contributed by atoms with Crippen molar-refractivity contribution < 1.29 is 9.59 Å². The molecule has 128 valence electrons. The Morgan fingerprint density at radius 1 is 1.42 bits per heavy atom. The van der Waals surface area contributed by atoms with Gasteiger partial charge in [0.2, 0.25) is 5.91 Å². The molecule has 0 radical (unpaired) electrons. The second kappa shape index (κ2) is 6.94. The quantitative estimate of drug-likeness (QED) is 0.566. The van der Waals surface area contributed by atoms with E-state index < -0.39 is 11.9 Å². The number of thioether (sulfide) groups is 1. The summed E-state index contributed by atoms with van der Waals surface area (Å²) in [4.78, 5) is 33.9. The van der Waals surface area contributed by atoms with Crippen LogP contribution in [0.3, 0.4) is 0 Å². The van der Waals surface area contributed by atoms with Crippen molar-refractivity contribution in [3.63, 3.8) is 0 Å². The summed E-state index contributed by atoms with van der Waals surface area (Å²) in [6.07, 6.45) is 3.24. The van der Waals surface area contributed by atoms with Crippen molar-refractivity contribution in [2.45, 2.75) is 31.3 Å². The van der Waals surface area contributed by atoms with Gasteiger partial charge in [-0.1, -0.05) is 18.7 Å². The van der Waals surface area contributed by atoms with Gasteiger partial charge in [0.15, 0.2) is 5.16 Å². The van der Waals surface area contributed by atoms with Gasteiger partial charge in [-0.2, -0.15) is 0 Å². The fourth-order valence-electron chi connectivity index (χ4n) is 2.77. The van der Waals surface area contributed by atoms with Gasteiger partial charge in [0.25, 0.3) is 0 Å². The number of rotatable bonds is 3. The van der Waals surface area contributed by atoms with Gasteiger partial charge in [0.05, 0.1) is 11.1 Å². The Morgan fingerprint density at radius 3 is 2.96 bits per heavy atom. The van der Waals surface area contributed by atoms with Crippen molar-refractivity contribution in [1.29, 1.82) is 0 Å². The highest BCUT2D eigenvalue weighted by molar-refractivity contribution is 7.99. The van der Waals surface area contributed by atoms with Crippen molar-refractivity contribution in [3.05, 3.63) is 10.4 Å². The molecule has 24 heavy (non-hydrogen) atoms. The van der Waals surface area contributed by atoms with Crippen molar-refractivity contribution in [1.82, 2.24) is 20.6 Å². The predicted molar refractivity (Wildman–Crippen MR) is 96.3 cm³/mol. The number of urea groups is 1. The summed E-state index contributed by atoms with van der Waals surface area (Å²) < 4.78 is 0. The Morgan fingerprint density at radius 2 is 2.21 bits per heavy atom. The third kappa shape index (κ3) is 3.46. The molecule has 0 spiro atoms. The third-order valence-electron chi connectivity index (χ3n) is 3.97. The molecule has 0 unspecified atom stereocenters. The van der Waals surface area contributed by atoms with Crippen LogP contribution in [0.1, 0.15) is 23.8 Å². The second-order valence-electron chi connectivity index (χ2n) is 5.84. The first-order valence-electron chi connectivity index (χ1n) is 7.70. The number of amides is 3. The zero-order valence-electron chi connectivity index (χ0n) is 13.5. The summed E-state index contributed by atoms with van der Waals surface area (Å²) in [5, 5.41) is 5.96. The van der Waals surface area contributed by atoms with Crippen LogP contribution in [0.4, 0.5) is 10.6 Å². The number of nitrogens with two attached hydrogens (primary N) is 1. The number of thiophene rings is 1. The van der Waals surface area contributed by atoms with Gasteiger partial charge in [0.1, 0.15) is 10.6 Å². The number of hydrogen-bond donors (Lipinski definition) is 3. The molecule has 2 heterocycles. The van der Waals surface area contributed by atoms with E-state index in [1.54, 1.807) is 11.3 Å². The molecule has 1 aliphatic carbocycles. The number of fused-ring (bicyclic) bond motifs is 3. The average molecular weight is 365 g/mol. The molecule has 2 aromatic heterocycles. The van der Waals surface area contributed by atoms with E-state index >= 15 is 0 Å². The van der Waals surface area contributed by atoms with Gasteiger partial charge in [-0.05, 0) is 30.7 Å². The molecule has 0 aromatic carbocycles. The molecule has 1 atom stereocenters. The lowest BCUT2D eigenvalue weighted by Crippen LogP contribution is -2.38. The number of carbonyl (C=O) groups is 2. The normalized spacial score (nSPS) is 16.7. The van der Waals surface area contributed by atoms with Crippen LogP contribution in [0.15, 0.2) is 5.16 Å². The van der Waals surface area contributed by atoms with Crippen molar-refractivity contribution >= 4 is 51.1 Å². The number of aromatic nitrogens is 2. The number of nitrogens with one attached hydrogen (secondary N) is 2. The molecular formula is C15H19N5O2S2. The van der Waals surface area contributed by atoms with Crippen molar-refractivity contribution in [3.8, 4) is 0 Å². The molecular weight excluding hydrogens is 346 g/mol. The van der Waals surface area contributed by atoms with Gasteiger partial charge >= 0.3 is 6.03 Å². The van der Waals surface area contributed by atoms with E-state index in [1.807, 2.05) is 0 Å². The Kier molecular flexibility index (Phi) is 4.91. The SMILES string of the molecule is CNC(=O)NC(=O)CSc1nc(N)c2c3c(sc2n1)C[C@@H](C)CC3. The molecule has 0 saturated carbocycles. The lowest BCUT2D eigenvalue weighted by Gasteiger charge is -2.17. The highest BCUT2D eigenvalue weighted by Crippen LogP contribution is 2.39. The maximum atomic E-state index is 11.7. The molecule has 2 aromatic rings. The predicted octanol–water partition coefficient (Wildman–Crippen LogP) is 1.95. The van der Waals surface area contributed by atoms with E-state index in [4.69, 9.17) is 5.73 Å². The summed E-state index contributed by atoms with van der Waals surface area (Å²) in [6.45, 7) is 2.26. The fraction of sp³-hybridized carbons (Fsp3) is 0.467. The van der Waals surface area contributed by atoms with Crippen LogP contribution in [0, 0.1) is 5.92 Å². The van der Waals surface area contributed by atoms with E-state index in [0.717, 1.165) is 29.5 Å². The topological polar surface area (TPSA) is 110 Å². The number of nitrogens with zero attached hydrogens (tertiary/aromatic N) is 2. The number of carbonyl (C=O) groups excluding carboxylic acids is 2. The number of anilines is 1. The zero-order chi connectivity index (χ0) is 17.3. The molecule has 3 rings (SSSR count). The largest absolute Gasteiger partial charge is 0.383 e. The smallest absolute Gasteiger partial charge is 0.321 e. The maximum absolute atomic E-state index is 11.7. The first-order chi connectivity index (χ1) is 11.5. The molecule has 0 saturated heterocycles. The van der Waals surface area contributed by atoms with Gasteiger partial charge in [-0.25, -0.2) is 14.8 Å². The fourth-order valence-corrected chi connectivity index (χ4v) is 4.87. The van der Waals surface area contributed by atoms with E-state index in [-0.39, 0.29) is 5.75 Å². The van der Waals surface area contributed by atoms with Crippen LogP contribution < -0.4 is 16.4 Å². The van der Waals surface area contributed by atoms with E-state index in [2.05, 4.69) is 27.5 Å². The summed E-state index contributed by atoms with van der Waals surface area (Å²) in [6, 6.07) is -0.531. The summed E-state index contributed by atoms with van der Waals surface area (Å²) >= 11 is 2.84. The van der Waals surface area contributed by atoms with Gasteiger partial charge in [-0.15, -0.1) is 11.3 Å². The average Bonchev–Trinajstić information content (AvgIpc) is 2.90. The minimum Gasteiger partial charge on any atom is -0.383 e. The van der Waals surface area contributed by atoms with E-state index in [0.29, 0.717) is 16.9 Å². The van der Waals surface area contributed by atoms with Crippen LogP contribution in [0.2, 0.25) is 0 Å². The summed E-state index contributed by atoms with van der Waals surface area (Å²) in [5.41, 5.74) is 7.44. The molecule has 3 amide bonds. The van der Waals surface area contributed by atoms with E-state index in [1.165, 1.54) is 29.3 Å². The maximum Gasteiger partial charge on any atom is 0.321 e. The Balaban J connectivity index is 1.79. The number of nitrogen functional groups attached to an aromatic ring is 1. The Labute approximate surface area is 147 Å². The third-order valence-corrected chi connectivity index (χ3v) is 5.97. The number of imide groups is 1. The summed E-state index contributed by atoms with van der Waals surface area (Å²) in [5.74, 6) is 0.810. The van der Waals surface area contributed by atoms with E-state index in [9.17, 15) is 9.59 Å². The second-order valence-corrected chi connectivity index (χ2v) is 7.87. The molecule has 1 aliphatic rings. The standard InChI is InChI=1S/C15H19N5O2S2/c1-7-3-4-8-9(5-7)24-13-11(8)12(16)19-15(20-13)23-6-10(21)18-14(22)17-2/h7H,3-6H2,1-2H3,(H2,16,19,20)(H2,17,18,21,22)/t7-/m0/s1. The van der Waals surface area contributed by atoms with Crippen LogP contribution in [0.25, 0.3) is 10.2 Å². The monoisotopic (exact) mass is 365 g/mol. The molecule has 4 N–H and O–H groups in total. The van der Waals surface area contributed by atoms with Gasteiger partial charge < -0.3 is 11.1 Å². The lowest BCUT2D eigenvalue weighted by molar-refractivity contribution is -0.117. The number of hydrogen-bond acceptors (Lipinski definition) is 7. The Bertz CT molecular complexity index is 805. The molecule has 0 bridgehead atoms. The molecule has 0 fully saturated rings. The minimum absolute atomic E-state index is 0.0560. The molecule has 9 heteroatoms. The molecule has 7 nitrogen and oxygen atoms in total. The summed E-state index contributed by atoms with van der Waals surface area (Å²) in [7, 11) is 1.45. The van der Waals surface area contributed by atoms with Gasteiger partial charge in [-0.3, -0.25) is 10.1 Å². The van der Waals surface area contributed by atoms with Crippen LogP contribution in [0.5, 0.6) is 0 Å². The van der Waals surface area contributed by atoms with Crippen molar-refractivity contribution in [2.24, 2.45) is 5.92 Å². The minimum atomic E-state index is -0.531. The first kappa shape index (κ1) is 17.0. The molecule has 0 aliphatic heterocycles. The van der Waals surface area contributed by atoms with Crippen LogP contribution in [-0.2, 0) is 17.6 Å². The van der Waals surface area contributed by atoms with Gasteiger partial charge in [0, 0.05) is 11.9 Å². The van der Waals surface area contributed by atoms with Crippen LogP contribution in [-0.4, -0.2) is 34.7 Å². The zero-order valence-corrected chi connectivity index (χ0v) is 15.1. The highest BCUT2D eigenvalue weighted by atomic mass is 32.2. The first-order valence-corrected chi connectivity index (χ1v) is 9.50. The highest BCUT2D eigenvalue weighted by Gasteiger charge is 2.23. The van der Waals surface area contributed by atoms with Crippen LogP contribution >= 0.6 is 23.1 Å². The lowest BCUT2D eigenvalue weighted by atomic mass is 9.89. The number of aryl methyl sites for hydroxylation is 1. The van der Waals surface area contributed by atoms with Crippen molar-refractivity contribution in [2.75, 3.05) is 18.5 Å². The Hall–Kier alpha value is -1.87.